The zero-order chi connectivity index (χ0) is 39.1. The van der Waals surface area contributed by atoms with Crippen molar-refractivity contribution in [3.8, 4) is 22.3 Å². The molecule has 2 nitrogen and oxygen atoms in total. The lowest BCUT2D eigenvalue weighted by atomic mass is 9.93. The quantitative estimate of drug-likeness (QED) is 0.143. The molecule has 0 spiro atoms. The number of anilines is 3. The first-order valence-electron chi connectivity index (χ1n) is 20.0. The maximum absolute atomic E-state index is 6.58. The standard InChI is InChI=1S/C56H37NOS/c1-4-13-38(14-5-1)35-51(50-21-12-20-49-47-19-10-11-22-53(47)58-56(49)50)43-27-33-48-52-37-46(32-34-54(52)59-55(48)36-43)57(44-28-23-41(24-29-44)39-15-6-2-7-16-39)45-30-25-42(26-31-45)40-17-8-3-9-18-40/h1-37H/b51-35-. The van der Waals surface area contributed by atoms with Crippen LogP contribution in [0.25, 0.3) is 76.0 Å². The van der Waals surface area contributed by atoms with E-state index in [1.165, 1.54) is 42.4 Å². The molecule has 0 amide bonds. The van der Waals surface area contributed by atoms with Crippen LogP contribution in [0.15, 0.2) is 223 Å². The van der Waals surface area contributed by atoms with Gasteiger partial charge in [-0.2, -0.15) is 0 Å². The average Bonchev–Trinajstić information content (AvgIpc) is 3.88. The Balaban J connectivity index is 1.03. The summed E-state index contributed by atoms with van der Waals surface area (Å²) in [5.41, 5.74) is 14.4. The van der Waals surface area contributed by atoms with Gasteiger partial charge in [-0.1, -0.05) is 164 Å². The molecule has 3 heteroatoms. The van der Waals surface area contributed by atoms with Crippen molar-refractivity contribution in [1.29, 1.82) is 0 Å². The number of rotatable bonds is 8. The van der Waals surface area contributed by atoms with Gasteiger partial charge in [0.05, 0.1) is 0 Å². The summed E-state index contributed by atoms with van der Waals surface area (Å²) in [6, 6.07) is 78.2. The first kappa shape index (κ1) is 34.8. The van der Waals surface area contributed by atoms with E-state index in [0.717, 1.165) is 61.3 Å². The molecule has 59 heavy (non-hydrogen) atoms. The lowest BCUT2D eigenvalue weighted by Crippen LogP contribution is -2.09. The summed E-state index contributed by atoms with van der Waals surface area (Å²) in [7, 11) is 0. The Bertz CT molecular complexity index is 3210. The number of benzene rings is 9. The highest BCUT2D eigenvalue weighted by Gasteiger charge is 2.19. The molecule has 0 aliphatic carbocycles. The number of furan rings is 1. The van der Waals surface area contributed by atoms with Crippen molar-refractivity contribution in [2.75, 3.05) is 4.90 Å². The summed E-state index contributed by atoms with van der Waals surface area (Å²) in [4.78, 5) is 2.37. The lowest BCUT2D eigenvalue weighted by molar-refractivity contribution is 0.668. The van der Waals surface area contributed by atoms with Gasteiger partial charge in [-0.15, -0.1) is 11.3 Å². The topological polar surface area (TPSA) is 16.4 Å². The zero-order valence-electron chi connectivity index (χ0n) is 32.1. The highest BCUT2D eigenvalue weighted by Crippen LogP contribution is 2.43. The average molecular weight is 772 g/mol. The largest absolute Gasteiger partial charge is 0.455 e. The molecule has 0 atom stereocenters. The molecule has 0 unspecified atom stereocenters. The van der Waals surface area contributed by atoms with Crippen LogP contribution in [0.2, 0.25) is 0 Å². The molecule has 0 aliphatic rings. The number of fused-ring (bicyclic) bond motifs is 6. The Morgan fingerprint density at radius 3 is 1.66 bits per heavy atom. The summed E-state index contributed by atoms with van der Waals surface area (Å²) >= 11 is 1.84. The van der Waals surface area contributed by atoms with E-state index in [1.807, 2.05) is 17.4 Å². The van der Waals surface area contributed by atoms with E-state index in [-0.39, 0.29) is 0 Å². The highest BCUT2D eigenvalue weighted by molar-refractivity contribution is 7.25. The van der Waals surface area contributed by atoms with Gasteiger partial charge in [-0.25, -0.2) is 0 Å². The van der Waals surface area contributed by atoms with Gasteiger partial charge in [0.2, 0.25) is 0 Å². The van der Waals surface area contributed by atoms with Crippen molar-refractivity contribution >= 4 is 82.2 Å². The second kappa shape index (κ2) is 14.8. The summed E-state index contributed by atoms with van der Waals surface area (Å²) < 4.78 is 9.09. The van der Waals surface area contributed by atoms with Gasteiger partial charge in [-0.3, -0.25) is 0 Å². The van der Waals surface area contributed by atoms with Crippen LogP contribution >= 0.6 is 11.3 Å². The fourth-order valence-electron chi connectivity index (χ4n) is 8.38. The third-order valence-corrected chi connectivity index (χ3v) is 12.4. The van der Waals surface area contributed by atoms with Crippen LogP contribution in [0.5, 0.6) is 0 Å². The molecule has 11 rings (SSSR count). The van der Waals surface area contributed by atoms with Crippen LogP contribution in [0, 0.1) is 0 Å². The van der Waals surface area contributed by atoms with Gasteiger partial charge >= 0.3 is 0 Å². The second-order valence-electron chi connectivity index (χ2n) is 14.9. The van der Waals surface area contributed by atoms with E-state index in [2.05, 4.69) is 223 Å². The van der Waals surface area contributed by atoms with Crippen LogP contribution in [-0.4, -0.2) is 0 Å². The van der Waals surface area contributed by atoms with Crippen LogP contribution in [0.3, 0.4) is 0 Å². The van der Waals surface area contributed by atoms with Crippen LogP contribution in [0.4, 0.5) is 17.1 Å². The minimum atomic E-state index is 0.901. The monoisotopic (exact) mass is 771 g/mol. The van der Waals surface area contributed by atoms with E-state index >= 15 is 0 Å². The van der Waals surface area contributed by atoms with Crippen molar-refractivity contribution < 1.29 is 4.42 Å². The predicted molar refractivity (Wildman–Crippen MR) is 252 cm³/mol. The van der Waals surface area contributed by atoms with E-state index in [9.17, 15) is 0 Å². The normalized spacial score (nSPS) is 11.8. The minimum absolute atomic E-state index is 0.901. The molecule has 0 aliphatic heterocycles. The molecule has 0 saturated carbocycles. The number of nitrogens with zero attached hydrogens (tertiary/aromatic N) is 1. The van der Waals surface area contributed by atoms with Gasteiger partial charge in [0.25, 0.3) is 0 Å². The fraction of sp³-hybridized carbons (Fsp3) is 0. The molecule has 0 saturated heterocycles. The number of thiophene rings is 1. The molecular weight excluding hydrogens is 735 g/mol. The van der Waals surface area contributed by atoms with Crippen LogP contribution < -0.4 is 4.90 Å². The molecule has 0 bridgehead atoms. The van der Waals surface area contributed by atoms with Gasteiger partial charge in [0, 0.05) is 53.6 Å². The molecule has 278 valence electrons. The SMILES string of the molecule is C(=C(\c1ccc2c(c1)sc1ccc(N(c3ccc(-c4ccccc4)cc3)c3ccc(-c4ccccc4)cc3)cc12)c1cccc2c1oc1ccccc12)/c1ccccc1. The number of hydrogen-bond donors (Lipinski definition) is 0. The maximum Gasteiger partial charge on any atom is 0.143 e. The van der Waals surface area contributed by atoms with Crippen molar-refractivity contribution in [3.63, 3.8) is 0 Å². The molecule has 9 aromatic carbocycles. The summed E-state index contributed by atoms with van der Waals surface area (Å²) in [5, 5.41) is 4.75. The molecule has 11 aromatic rings. The number of hydrogen-bond acceptors (Lipinski definition) is 3. The number of para-hydroxylation sites is 2. The molecule has 2 aromatic heterocycles. The minimum Gasteiger partial charge on any atom is -0.455 e. The second-order valence-corrected chi connectivity index (χ2v) is 16.0. The van der Waals surface area contributed by atoms with E-state index < -0.39 is 0 Å². The Hall–Kier alpha value is -7.46. The summed E-state index contributed by atoms with van der Waals surface area (Å²) in [6.45, 7) is 0. The fourth-order valence-corrected chi connectivity index (χ4v) is 9.50. The van der Waals surface area contributed by atoms with Crippen molar-refractivity contribution in [1.82, 2.24) is 0 Å². The van der Waals surface area contributed by atoms with Crippen LogP contribution in [-0.2, 0) is 0 Å². The Kier molecular flexibility index (Phi) is 8.72. The predicted octanol–water partition coefficient (Wildman–Crippen LogP) is 16.3. The zero-order valence-corrected chi connectivity index (χ0v) is 32.9. The summed E-state index contributed by atoms with van der Waals surface area (Å²) in [5.74, 6) is 0. The van der Waals surface area contributed by atoms with Crippen molar-refractivity contribution in [2.45, 2.75) is 0 Å². The van der Waals surface area contributed by atoms with Crippen LogP contribution in [0.1, 0.15) is 16.7 Å². The lowest BCUT2D eigenvalue weighted by Gasteiger charge is -2.26. The Morgan fingerprint density at radius 2 is 0.983 bits per heavy atom. The van der Waals surface area contributed by atoms with E-state index in [4.69, 9.17) is 4.42 Å². The molecule has 2 heterocycles. The highest BCUT2D eigenvalue weighted by atomic mass is 32.1. The molecule has 0 fully saturated rings. The molecule has 0 N–H and O–H groups in total. The molecule has 0 radical (unpaired) electrons. The van der Waals surface area contributed by atoms with Crippen molar-refractivity contribution in [2.24, 2.45) is 0 Å². The van der Waals surface area contributed by atoms with E-state index in [0.29, 0.717) is 0 Å². The van der Waals surface area contributed by atoms with Gasteiger partial charge < -0.3 is 9.32 Å². The Labute approximate surface area is 347 Å². The van der Waals surface area contributed by atoms with E-state index in [1.54, 1.807) is 0 Å². The Morgan fingerprint density at radius 1 is 0.407 bits per heavy atom. The molecular formula is C56H37NOS. The first-order valence-corrected chi connectivity index (χ1v) is 20.8. The smallest absolute Gasteiger partial charge is 0.143 e. The maximum atomic E-state index is 6.58. The summed E-state index contributed by atoms with van der Waals surface area (Å²) in [6.07, 6.45) is 2.29. The van der Waals surface area contributed by atoms with Gasteiger partial charge in [-0.05, 0) is 99.6 Å². The first-order chi connectivity index (χ1) is 29.2. The van der Waals surface area contributed by atoms with Gasteiger partial charge in [0.1, 0.15) is 11.2 Å². The third-order valence-electron chi connectivity index (χ3n) is 11.3. The third kappa shape index (κ3) is 6.48. The van der Waals surface area contributed by atoms with Gasteiger partial charge in [0.15, 0.2) is 0 Å². The van der Waals surface area contributed by atoms with Crippen molar-refractivity contribution in [3.05, 3.63) is 235 Å².